The number of halogens is 3. The van der Waals surface area contributed by atoms with E-state index in [1.165, 1.54) is 0 Å². The number of fused-ring (bicyclic) bond motifs is 1. The van der Waals surface area contributed by atoms with Gasteiger partial charge in [0.15, 0.2) is 0 Å². The first-order valence-corrected chi connectivity index (χ1v) is 8.22. The molecule has 1 aliphatic carbocycles. The number of nitrogens with zero attached hydrogens (tertiary/aromatic N) is 1. The van der Waals surface area contributed by atoms with E-state index >= 15 is 4.39 Å². The first-order valence-electron chi connectivity index (χ1n) is 7.46. The Morgan fingerprint density at radius 2 is 2.17 bits per heavy atom. The normalized spacial score (nSPS) is 19.7. The largest absolute Gasteiger partial charge is 0.349 e. The third kappa shape index (κ3) is 3.04. The third-order valence-electron chi connectivity index (χ3n) is 4.16. The van der Waals surface area contributed by atoms with Gasteiger partial charge in [-0.1, -0.05) is 41.9 Å². The second kappa shape index (κ2) is 6.54. The molecule has 6 heteroatoms. The second-order valence-corrected chi connectivity index (χ2v) is 6.57. The minimum absolute atomic E-state index is 0.0463. The molecular weight excluding hydrogens is 350 g/mol. The van der Waals surface area contributed by atoms with E-state index in [1.807, 2.05) is 0 Å². The van der Waals surface area contributed by atoms with Crippen LogP contribution in [0.25, 0.3) is 5.57 Å². The zero-order valence-electron chi connectivity index (χ0n) is 12.8. The van der Waals surface area contributed by atoms with Crippen molar-refractivity contribution in [3.8, 4) is 0 Å². The Morgan fingerprint density at radius 3 is 2.92 bits per heavy atom. The fourth-order valence-electron chi connectivity index (χ4n) is 2.80. The quantitative estimate of drug-likeness (QED) is 0.859. The molecule has 1 heterocycles. The first kappa shape index (κ1) is 16.9. The van der Waals surface area contributed by atoms with E-state index in [4.69, 9.17) is 23.2 Å². The zero-order valence-corrected chi connectivity index (χ0v) is 14.3. The molecule has 24 heavy (non-hydrogen) atoms. The first-order chi connectivity index (χ1) is 11.4. The molecule has 1 aliphatic rings. The highest BCUT2D eigenvalue weighted by atomic mass is 35.5. The minimum Gasteiger partial charge on any atom is -0.349 e. The molecule has 1 aromatic heterocycles. The van der Waals surface area contributed by atoms with E-state index in [9.17, 15) is 4.79 Å². The molecule has 2 aromatic rings. The maximum Gasteiger partial charge on any atom is 0.262 e. The molecule has 0 aliphatic heterocycles. The standard InChI is InChI=1S/C18H15Cl2FN2O/c1-11-6-7-18(21,14-3-2-8-22-16(11)14)17(24)23-10-12-4-5-13(19)9-15(12)20/h2-5,8-9H,1,6-7,10H2,(H,23,24)/t18-/m0/s1. The zero-order chi connectivity index (χ0) is 17.3. The number of aromatic nitrogens is 1. The number of rotatable bonds is 3. The fourth-order valence-corrected chi connectivity index (χ4v) is 3.27. The van der Waals surface area contributed by atoms with Crippen LogP contribution in [0.5, 0.6) is 0 Å². The number of carbonyl (C=O) groups excluding carboxylic acids is 1. The summed E-state index contributed by atoms with van der Waals surface area (Å²) in [6.07, 6.45) is 2.00. The number of amides is 1. The summed E-state index contributed by atoms with van der Waals surface area (Å²) in [4.78, 5) is 16.7. The van der Waals surface area contributed by atoms with E-state index in [0.717, 1.165) is 5.57 Å². The highest BCUT2D eigenvalue weighted by Gasteiger charge is 2.45. The van der Waals surface area contributed by atoms with Crippen molar-refractivity contribution >= 4 is 34.7 Å². The van der Waals surface area contributed by atoms with Crippen LogP contribution in [-0.4, -0.2) is 10.9 Å². The highest BCUT2D eigenvalue weighted by molar-refractivity contribution is 6.35. The SMILES string of the molecule is C=C1CC[C@@](F)(C(=O)NCc2ccc(Cl)cc2Cl)c2cccnc21. The van der Waals surface area contributed by atoms with Crippen LogP contribution in [0.2, 0.25) is 10.0 Å². The molecule has 1 aromatic carbocycles. The maximum atomic E-state index is 15.5. The van der Waals surface area contributed by atoms with Gasteiger partial charge in [0.25, 0.3) is 5.91 Å². The number of alkyl halides is 1. The van der Waals surface area contributed by atoms with Crippen molar-refractivity contribution in [2.75, 3.05) is 0 Å². The number of benzene rings is 1. The Bertz CT molecular complexity index is 824. The lowest BCUT2D eigenvalue weighted by Crippen LogP contribution is -2.43. The summed E-state index contributed by atoms with van der Waals surface area (Å²) < 4.78 is 15.5. The smallest absolute Gasteiger partial charge is 0.262 e. The minimum atomic E-state index is -2.12. The average Bonchev–Trinajstić information content (AvgIpc) is 2.57. The third-order valence-corrected chi connectivity index (χ3v) is 4.74. The van der Waals surface area contributed by atoms with Gasteiger partial charge in [-0.3, -0.25) is 9.78 Å². The van der Waals surface area contributed by atoms with Gasteiger partial charge in [-0.2, -0.15) is 0 Å². The maximum absolute atomic E-state index is 15.5. The Balaban J connectivity index is 1.82. The summed E-state index contributed by atoms with van der Waals surface area (Å²) in [6.45, 7) is 4.03. The number of pyridine rings is 1. The van der Waals surface area contributed by atoms with Crippen molar-refractivity contribution < 1.29 is 9.18 Å². The monoisotopic (exact) mass is 364 g/mol. The number of allylic oxidation sites excluding steroid dienone is 1. The van der Waals surface area contributed by atoms with E-state index < -0.39 is 11.6 Å². The predicted molar refractivity (Wildman–Crippen MR) is 93.6 cm³/mol. The van der Waals surface area contributed by atoms with Crippen LogP contribution in [0, 0.1) is 0 Å². The molecule has 0 fully saturated rings. The van der Waals surface area contributed by atoms with Crippen LogP contribution in [0.4, 0.5) is 4.39 Å². The predicted octanol–water partition coefficient (Wildman–Crippen LogP) is 4.68. The molecule has 0 radical (unpaired) electrons. The Morgan fingerprint density at radius 1 is 1.38 bits per heavy atom. The number of nitrogens with one attached hydrogen (secondary N) is 1. The van der Waals surface area contributed by atoms with Crippen LogP contribution in [0.15, 0.2) is 43.1 Å². The molecule has 3 rings (SSSR count). The van der Waals surface area contributed by atoms with Crippen molar-refractivity contribution in [3.63, 3.8) is 0 Å². The molecular formula is C18H15Cl2FN2O. The topological polar surface area (TPSA) is 42.0 Å². The Labute approximate surface area is 149 Å². The van der Waals surface area contributed by atoms with Crippen LogP contribution >= 0.6 is 23.2 Å². The molecule has 3 nitrogen and oxygen atoms in total. The molecule has 1 amide bonds. The summed E-state index contributed by atoms with van der Waals surface area (Å²) in [5, 5.41) is 3.55. The van der Waals surface area contributed by atoms with E-state index in [2.05, 4.69) is 16.9 Å². The molecule has 1 N–H and O–H groups in total. The van der Waals surface area contributed by atoms with Gasteiger partial charge in [0.05, 0.1) is 5.69 Å². The lowest BCUT2D eigenvalue weighted by molar-refractivity contribution is -0.134. The van der Waals surface area contributed by atoms with Crippen molar-refractivity contribution in [1.29, 1.82) is 0 Å². The molecule has 1 atom stereocenters. The van der Waals surface area contributed by atoms with Crippen molar-refractivity contribution in [1.82, 2.24) is 10.3 Å². The van der Waals surface area contributed by atoms with Gasteiger partial charge in [-0.25, -0.2) is 4.39 Å². The van der Waals surface area contributed by atoms with Crippen LogP contribution < -0.4 is 5.32 Å². The van der Waals surface area contributed by atoms with Crippen molar-refractivity contribution in [2.24, 2.45) is 0 Å². The summed E-state index contributed by atoms with van der Waals surface area (Å²) in [6, 6.07) is 8.16. The van der Waals surface area contributed by atoms with E-state index in [1.54, 1.807) is 36.5 Å². The number of hydrogen-bond acceptors (Lipinski definition) is 2. The van der Waals surface area contributed by atoms with Crippen LogP contribution in [-0.2, 0) is 17.0 Å². The summed E-state index contributed by atoms with van der Waals surface area (Å²) in [5.74, 6) is -0.699. The lowest BCUT2D eigenvalue weighted by atomic mass is 9.80. The number of hydrogen-bond donors (Lipinski definition) is 1. The van der Waals surface area contributed by atoms with Gasteiger partial charge in [-0.05, 0) is 42.2 Å². The van der Waals surface area contributed by atoms with E-state index in [0.29, 0.717) is 27.7 Å². The fraction of sp³-hybridized carbons (Fsp3) is 0.222. The summed E-state index contributed by atoms with van der Waals surface area (Å²) in [7, 11) is 0. The van der Waals surface area contributed by atoms with Gasteiger partial charge in [0.2, 0.25) is 5.67 Å². The van der Waals surface area contributed by atoms with E-state index in [-0.39, 0.29) is 18.5 Å². The second-order valence-electron chi connectivity index (χ2n) is 5.72. The van der Waals surface area contributed by atoms with Crippen LogP contribution in [0.3, 0.4) is 0 Å². The number of carbonyl (C=O) groups is 1. The molecule has 0 saturated heterocycles. The van der Waals surface area contributed by atoms with Crippen LogP contribution in [0.1, 0.15) is 29.7 Å². The average molecular weight is 365 g/mol. The molecule has 0 saturated carbocycles. The highest BCUT2D eigenvalue weighted by Crippen LogP contribution is 2.42. The summed E-state index contributed by atoms with van der Waals surface area (Å²) >= 11 is 11.9. The van der Waals surface area contributed by atoms with Crippen molar-refractivity contribution in [3.05, 3.63) is 70.0 Å². The van der Waals surface area contributed by atoms with Gasteiger partial charge in [0.1, 0.15) is 0 Å². The van der Waals surface area contributed by atoms with Crippen molar-refractivity contribution in [2.45, 2.75) is 25.1 Å². The Kier molecular flexibility index (Phi) is 4.61. The molecule has 0 spiro atoms. The lowest BCUT2D eigenvalue weighted by Gasteiger charge is -2.31. The van der Waals surface area contributed by atoms with Gasteiger partial charge in [-0.15, -0.1) is 0 Å². The van der Waals surface area contributed by atoms with Gasteiger partial charge < -0.3 is 5.32 Å². The molecule has 0 bridgehead atoms. The summed E-state index contributed by atoms with van der Waals surface area (Å²) in [5.41, 5.74) is 0.0212. The molecule has 124 valence electrons. The molecule has 0 unspecified atom stereocenters. The van der Waals surface area contributed by atoms with Gasteiger partial charge in [0, 0.05) is 28.4 Å². The Hall–Kier alpha value is -1.91. The van der Waals surface area contributed by atoms with Gasteiger partial charge >= 0.3 is 0 Å².